The molecule has 1 aliphatic rings. The molecule has 0 spiro atoms. The van der Waals surface area contributed by atoms with Gasteiger partial charge in [0, 0.05) is 38.0 Å². The first-order valence-electron chi connectivity index (χ1n) is 7.47. The Bertz CT molecular complexity index is 649. The number of carbonyl (C=O) groups excluding carboxylic acids is 1. The van der Waals surface area contributed by atoms with Gasteiger partial charge in [0.1, 0.15) is 17.1 Å². The molecule has 1 atom stereocenters. The van der Waals surface area contributed by atoms with Crippen LogP contribution in [0.1, 0.15) is 28.9 Å². The fraction of sp³-hybridized carbons (Fsp3) is 0.533. The number of rotatable bonds is 4. The lowest BCUT2D eigenvalue weighted by Gasteiger charge is -2.23. The number of fused-ring (bicyclic) bond motifs is 1. The molecule has 3 rings (SSSR count). The van der Waals surface area contributed by atoms with Gasteiger partial charge in [-0.3, -0.25) is 4.79 Å². The monoisotopic (exact) mass is 304 g/mol. The van der Waals surface area contributed by atoms with Crippen molar-refractivity contribution >= 4 is 5.91 Å². The Labute approximate surface area is 128 Å². The van der Waals surface area contributed by atoms with Crippen molar-refractivity contribution < 1.29 is 14.1 Å². The van der Waals surface area contributed by atoms with Gasteiger partial charge < -0.3 is 18.7 Å². The number of imidazole rings is 1. The van der Waals surface area contributed by atoms with E-state index in [4.69, 9.17) is 9.26 Å². The predicted molar refractivity (Wildman–Crippen MR) is 78.2 cm³/mol. The molecule has 0 radical (unpaired) electrons. The van der Waals surface area contributed by atoms with Crippen LogP contribution < -0.4 is 0 Å². The summed E-state index contributed by atoms with van der Waals surface area (Å²) in [5, 5.41) is 3.70. The lowest BCUT2D eigenvalue weighted by atomic mass is 10.1. The van der Waals surface area contributed by atoms with Gasteiger partial charge in [-0.25, -0.2) is 4.98 Å². The smallest absolute Gasteiger partial charge is 0.259 e. The summed E-state index contributed by atoms with van der Waals surface area (Å²) in [6.45, 7) is 6.94. The SMILES string of the molecule is CCOCC1CN(C(=O)c2cnoc2C)Cc2nccn2C1. The number of nitrogens with zero attached hydrogens (tertiary/aromatic N) is 4. The van der Waals surface area contributed by atoms with Crippen molar-refractivity contribution in [3.8, 4) is 0 Å². The van der Waals surface area contributed by atoms with Gasteiger partial charge in [0.05, 0.1) is 19.3 Å². The molecule has 0 saturated heterocycles. The lowest BCUT2D eigenvalue weighted by Crippen LogP contribution is -2.35. The molecule has 2 aromatic heterocycles. The second kappa shape index (κ2) is 6.31. The quantitative estimate of drug-likeness (QED) is 0.855. The number of amides is 1. The van der Waals surface area contributed by atoms with Gasteiger partial charge in [0.2, 0.25) is 0 Å². The third-order valence-electron chi connectivity index (χ3n) is 3.89. The first-order chi connectivity index (χ1) is 10.7. The standard InChI is InChI=1S/C15H20N4O3/c1-3-21-10-12-7-18-5-4-16-14(18)9-19(8-12)15(20)13-6-17-22-11(13)2/h4-6,12H,3,7-10H2,1-2H3. The van der Waals surface area contributed by atoms with E-state index < -0.39 is 0 Å². The molecule has 0 N–H and O–H groups in total. The minimum atomic E-state index is -0.0725. The van der Waals surface area contributed by atoms with Crippen LogP contribution in [0.2, 0.25) is 0 Å². The van der Waals surface area contributed by atoms with E-state index in [1.54, 1.807) is 18.0 Å². The third-order valence-corrected chi connectivity index (χ3v) is 3.89. The minimum Gasteiger partial charge on any atom is -0.381 e. The summed E-state index contributed by atoms with van der Waals surface area (Å²) >= 11 is 0. The minimum absolute atomic E-state index is 0.0725. The van der Waals surface area contributed by atoms with Gasteiger partial charge in [-0.05, 0) is 13.8 Å². The Kier molecular flexibility index (Phi) is 4.24. The Morgan fingerprint density at radius 2 is 2.36 bits per heavy atom. The predicted octanol–water partition coefficient (Wildman–Crippen LogP) is 1.49. The van der Waals surface area contributed by atoms with Crippen molar-refractivity contribution in [3.63, 3.8) is 0 Å². The number of hydrogen-bond acceptors (Lipinski definition) is 5. The van der Waals surface area contributed by atoms with Crippen LogP contribution in [0.25, 0.3) is 0 Å². The maximum atomic E-state index is 12.7. The number of carbonyl (C=O) groups is 1. The van der Waals surface area contributed by atoms with Crippen molar-refractivity contribution in [3.05, 3.63) is 35.7 Å². The van der Waals surface area contributed by atoms with Crippen molar-refractivity contribution in [1.82, 2.24) is 19.6 Å². The molecule has 1 unspecified atom stereocenters. The van der Waals surface area contributed by atoms with Crippen LogP contribution in [-0.2, 0) is 17.8 Å². The highest BCUT2D eigenvalue weighted by Crippen LogP contribution is 2.19. The van der Waals surface area contributed by atoms with Crippen LogP contribution in [0, 0.1) is 12.8 Å². The van der Waals surface area contributed by atoms with Crippen molar-refractivity contribution in [2.75, 3.05) is 19.8 Å². The van der Waals surface area contributed by atoms with E-state index in [1.165, 1.54) is 6.20 Å². The summed E-state index contributed by atoms with van der Waals surface area (Å²) in [4.78, 5) is 18.9. The van der Waals surface area contributed by atoms with Crippen molar-refractivity contribution in [2.24, 2.45) is 5.92 Å². The molecule has 7 heteroatoms. The zero-order chi connectivity index (χ0) is 15.5. The Balaban J connectivity index is 1.83. The largest absolute Gasteiger partial charge is 0.381 e. The number of hydrogen-bond donors (Lipinski definition) is 0. The summed E-state index contributed by atoms with van der Waals surface area (Å²) in [5.41, 5.74) is 0.509. The first kappa shape index (κ1) is 14.8. The number of aryl methyl sites for hydroxylation is 1. The first-order valence-corrected chi connectivity index (χ1v) is 7.47. The molecule has 1 amide bonds. The van der Waals surface area contributed by atoms with E-state index in [1.807, 2.05) is 13.1 Å². The molecule has 22 heavy (non-hydrogen) atoms. The molecule has 0 saturated carbocycles. The fourth-order valence-electron chi connectivity index (χ4n) is 2.76. The zero-order valence-corrected chi connectivity index (χ0v) is 12.9. The molecule has 0 bridgehead atoms. The summed E-state index contributed by atoms with van der Waals surface area (Å²) < 4.78 is 12.7. The molecule has 3 heterocycles. The van der Waals surface area contributed by atoms with E-state index in [-0.39, 0.29) is 11.8 Å². The number of ether oxygens (including phenoxy) is 1. The average Bonchev–Trinajstić information content (AvgIpc) is 3.09. The summed E-state index contributed by atoms with van der Waals surface area (Å²) in [7, 11) is 0. The summed E-state index contributed by atoms with van der Waals surface area (Å²) in [5.74, 6) is 1.59. The van der Waals surface area contributed by atoms with Crippen LogP contribution in [0.15, 0.2) is 23.1 Å². The Hall–Kier alpha value is -2.15. The van der Waals surface area contributed by atoms with E-state index in [2.05, 4.69) is 14.7 Å². The molecule has 0 aromatic carbocycles. The van der Waals surface area contributed by atoms with E-state index in [0.29, 0.717) is 37.6 Å². The van der Waals surface area contributed by atoms with Crippen LogP contribution in [0.3, 0.4) is 0 Å². The highest BCUT2D eigenvalue weighted by molar-refractivity contribution is 5.94. The normalized spacial score (nSPS) is 18.1. The lowest BCUT2D eigenvalue weighted by molar-refractivity contribution is 0.0617. The summed E-state index contributed by atoms with van der Waals surface area (Å²) in [6.07, 6.45) is 5.20. The zero-order valence-electron chi connectivity index (χ0n) is 12.9. The molecule has 1 aliphatic heterocycles. The average molecular weight is 304 g/mol. The Morgan fingerprint density at radius 3 is 3.09 bits per heavy atom. The van der Waals surface area contributed by atoms with Crippen molar-refractivity contribution in [2.45, 2.75) is 26.9 Å². The van der Waals surface area contributed by atoms with E-state index >= 15 is 0 Å². The molecule has 0 aliphatic carbocycles. The van der Waals surface area contributed by atoms with Gasteiger partial charge in [0.25, 0.3) is 5.91 Å². The molecular formula is C15H20N4O3. The second-order valence-electron chi connectivity index (χ2n) is 5.50. The third kappa shape index (κ3) is 2.89. The Morgan fingerprint density at radius 1 is 1.50 bits per heavy atom. The van der Waals surface area contributed by atoms with E-state index in [9.17, 15) is 4.79 Å². The second-order valence-corrected chi connectivity index (χ2v) is 5.50. The molecular weight excluding hydrogens is 284 g/mol. The fourth-order valence-corrected chi connectivity index (χ4v) is 2.76. The van der Waals surface area contributed by atoms with Crippen LogP contribution in [0.5, 0.6) is 0 Å². The molecule has 118 valence electrons. The maximum Gasteiger partial charge on any atom is 0.259 e. The van der Waals surface area contributed by atoms with Gasteiger partial charge in [-0.1, -0.05) is 5.16 Å². The number of aromatic nitrogens is 3. The maximum absolute atomic E-state index is 12.7. The van der Waals surface area contributed by atoms with Gasteiger partial charge >= 0.3 is 0 Å². The van der Waals surface area contributed by atoms with Crippen LogP contribution in [0.4, 0.5) is 0 Å². The molecule has 7 nitrogen and oxygen atoms in total. The van der Waals surface area contributed by atoms with Gasteiger partial charge in [-0.15, -0.1) is 0 Å². The van der Waals surface area contributed by atoms with Crippen molar-refractivity contribution in [1.29, 1.82) is 0 Å². The van der Waals surface area contributed by atoms with Gasteiger partial charge in [0.15, 0.2) is 0 Å². The highest BCUT2D eigenvalue weighted by atomic mass is 16.5. The molecule has 2 aromatic rings. The highest BCUT2D eigenvalue weighted by Gasteiger charge is 2.28. The molecule has 0 fully saturated rings. The topological polar surface area (TPSA) is 73.4 Å². The van der Waals surface area contributed by atoms with E-state index in [0.717, 1.165) is 12.4 Å². The van der Waals surface area contributed by atoms with Crippen LogP contribution in [-0.4, -0.2) is 45.3 Å². The summed E-state index contributed by atoms with van der Waals surface area (Å²) in [6, 6.07) is 0. The van der Waals surface area contributed by atoms with Gasteiger partial charge in [-0.2, -0.15) is 0 Å². The van der Waals surface area contributed by atoms with Crippen LogP contribution >= 0.6 is 0 Å².